The summed E-state index contributed by atoms with van der Waals surface area (Å²) in [7, 11) is 0. The zero-order valence-corrected chi connectivity index (χ0v) is 20.1. The zero-order valence-electron chi connectivity index (χ0n) is 20.1. The van der Waals surface area contributed by atoms with Crippen LogP contribution >= 0.6 is 0 Å². The number of carbonyl (C=O) groups is 2. The fraction of sp³-hybridized carbons (Fsp3) is 0.346. The molecule has 1 aliphatic heterocycles. The van der Waals surface area contributed by atoms with Crippen molar-refractivity contribution in [1.29, 1.82) is 5.26 Å². The third-order valence-corrected chi connectivity index (χ3v) is 6.92. The molecule has 0 saturated carbocycles. The second-order valence-corrected chi connectivity index (χ2v) is 10.1. The van der Waals surface area contributed by atoms with Crippen molar-refractivity contribution in [3.63, 3.8) is 0 Å². The highest BCUT2D eigenvalue weighted by molar-refractivity contribution is 6.04. The number of nitrogens with zero attached hydrogens (tertiary/aromatic N) is 1. The van der Waals surface area contributed by atoms with E-state index in [1.54, 1.807) is 20.8 Å². The lowest BCUT2D eigenvalue weighted by atomic mass is 9.59. The average Bonchev–Trinajstić information content (AvgIpc) is 2.82. The quantitative estimate of drug-likeness (QED) is 0.261. The molecule has 4 atom stereocenters. The molecule has 1 saturated heterocycles. The van der Waals surface area contributed by atoms with E-state index in [0.29, 0.717) is 0 Å². The summed E-state index contributed by atoms with van der Waals surface area (Å²) in [6.07, 6.45) is -1.58. The molecule has 11 nitrogen and oxygen atoms in total. The first-order chi connectivity index (χ1) is 17.2. The van der Waals surface area contributed by atoms with Crippen LogP contribution in [0.4, 0.5) is 0 Å². The summed E-state index contributed by atoms with van der Waals surface area (Å²) < 4.78 is 12.0. The number of allylic oxidation sites excluding steroid dienone is 1. The van der Waals surface area contributed by atoms with Gasteiger partial charge in [0.1, 0.15) is 18.3 Å². The van der Waals surface area contributed by atoms with Gasteiger partial charge in [0.05, 0.1) is 22.7 Å². The molecule has 2 aromatic carbocycles. The molecule has 4 unspecified atom stereocenters. The van der Waals surface area contributed by atoms with E-state index in [9.17, 15) is 45.5 Å². The number of fused-ring (bicyclic) bond motifs is 1. The van der Waals surface area contributed by atoms with Gasteiger partial charge in [-0.25, -0.2) is 4.79 Å². The van der Waals surface area contributed by atoms with Gasteiger partial charge in [-0.15, -0.1) is 0 Å². The van der Waals surface area contributed by atoms with Crippen LogP contribution in [0.2, 0.25) is 0 Å². The maximum Gasteiger partial charge on any atom is 0.338 e. The van der Waals surface area contributed by atoms with Crippen LogP contribution in [-0.2, 0) is 14.3 Å². The number of phenolic OH excluding ortho intramolecular Hbond substituents is 6. The molecule has 0 aromatic heterocycles. The highest BCUT2D eigenvalue weighted by atomic mass is 16.6. The van der Waals surface area contributed by atoms with Crippen molar-refractivity contribution in [3.8, 4) is 40.6 Å². The Morgan fingerprint density at radius 3 is 2.00 bits per heavy atom. The normalized spacial score (nSPS) is 26.5. The van der Waals surface area contributed by atoms with Crippen LogP contribution in [0.15, 0.2) is 35.9 Å². The fourth-order valence-corrected chi connectivity index (χ4v) is 5.22. The molecule has 1 fully saturated rings. The number of hydrogen-bond donors (Lipinski definition) is 6. The minimum atomic E-state index is -1.17. The van der Waals surface area contributed by atoms with E-state index >= 15 is 0 Å². The summed E-state index contributed by atoms with van der Waals surface area (Å²) in [5.41, 5.74) is -2.37. The highest BCUT2D eigenvalue weighted by Gasteiger charge is 2.58. The van der Waals surface area contributed by atoms with Gasteiger partial charge in [-0.3, -0.25) is 4.79 Å². The number of hydrogen-bond acceptors (Lipinski definition) is 11. The Balaban J connectivity index is 1.80. The number of benzene rings is 2. The summed E-state index contributed by atoms with van der Waals surface area (Å²) in [5.74, 6) is -5.83. The maximum absolute atomic E-state index is 13.0. The van der Waals surface area contributed by atoms with Gasteiger partial charge in [0, 0.05) is 5.41 Å². The van der Waals surface area contributed by atoms with Gasteiger partial charge in [0.2, 0.25) is 0 Å². The molecule has 2 aliphatic rings. The Morgan fingerprint density at radius 1 is 0.973 bits per heavy atom. The lowest BCUT2D eigenvalue weighted by molar-refractivity contribution is -0.205. The molecular formula is C26H25NO10. The molecule has 0 radical (unpaired) electrons. The topological polar surface area (TPSA) is 198 Å². The maximum atomic E-state index is 13.0. The molecule has 1 aliphatic carbocycles. The lowest BCUT2D eigenvalue weighted by Crippen LogP contribution is -2.58. The van der Waals surface area contributed by atoms with Crippen LogP contribution in [0.3, 0.4) is 0 Å². The first-order valence-electron chi connectivity index (χ1n) is 11.2. The number of phenols is 6. The fourth-order valence-electron chi connectivity index (χ4n) is 5.22. The van der Waals surface area contributed by atoms with Gasteiger partial charge in [0.25, 0.3) is 0 Å². The van der Waals surface area contributed by atoms with Crippen LogP contribution in [0.25, 0.3) is 0 Å². The summed E-state index contributed by atoms with van der Waals surface area (Å²) in [5, 5.41) is 68.7. The molecule has 194 valence electrons. The largest absolute Gasteiger partial charge is 0.504 e. The highest BCUT2D eigenvalue weighted by Crippen LogP contribution is 2.55. The van der Waals surface area contributed by atoms with Crippen LogP contribution in [0.1, 0.15) is 49.2 Å². The van der Waals surface area contributed by atoms with Gasteiger partial charge in [0.15, 0.2) is 40.3 Å². The van der Waals surface area contributed by atoms with Gasteiger partial charge in [-0.1, -0.05) is 13.0 Å². The number of ether oxygens (including phenoxy) is 2. The lowest BCUT2D eigenvalue weighted by Gasteiger charge is -2.53. The van der Waals surface area contributed by atoms with Crippen molar-refractivity contribution in [3.05, 3.63) is 47.0 Å². The number of rotatable bonds is 3. The SMILES string of the molecule is CC12C=C(C#N)C(=O)C(C)(C)C1OC(c1cc(O)c(O)c(O)c1)C(OC(=O)c1cc(O)c(O)c(O)c1)C2. The van der Waals surface area contributed by atoms with Crippen LogP contribution in [0, 0.1) is 22.2 Å². The first kappa shape index (κ1) is 25.7. The molecule has 0 bridgehead atoms. The summed E-state index contributed by atoms with van der Waals surface area (Å²) >= 11 is 0. The van der Waals surface area contributed by atoms with Crippen molar-refractivity contribution in [1.82, 2.24) is 0 Å². The zero-order chi connectivity index (χ0) is 27.4. The van der Waals surface area contributed by atoms with E-state index in [0.717, 1.165) is 24.3 Å². The molecule has 2 aromatic rings. The number of nitriles is 1. The van der Waals surface area contributed by atoms with Crippen molar-refractivity contribution in [2.75, 3.05) is 0 Å². The van der Waals surface area contributed by atoms with E-state index in [1.807, 2.05) is 6.07 Å². The minimum Gasteiger partial charge on any atom is -0.504 e. The van der Waals surface area contributed by atoms with Crippen LogP contribution < -0.4 is 0 Å². The second kappa shape index (κ2) is 8.60. The molecule has 4 rings (SSSR count). The number of Topliss-reactive ketones (excluding diaryl/α,β-unsaturated/α-hetero) is 1. The number of ketones is 1. The monoisotopic (exact) mass is 511 g/mol. The minimum absolute atomic E-state index is 0.0361. The summed E-state index contributed by atoms with van der Waals surface area (Å²) in [6, 6.07) is 5.94. The Morgan fingerprint density at radius 2 is 1.49 bits per heavy atom. The number of carbonyl (C=O) groups excluding carboxylic acids is 2. The Bertz CT molecular complexity index is 1340. The van der Waals surface area contributed by atoms with Crippen molar-refractivity contribution in [2.45, 2.75) is 45.5 Å². The average molecular weight is 511 g/mol. The molecule has 37 heavy (non-hydrogen) atoms. The van der Waals surface area contributed by atoms with E-state index in [4.69, 9.17) is 9.47 Å². The van der Waals surface area contributed by atoms with E-state index in [-0.39, 0.29) is 23.1 Å². The van der Waals surface area contributed by atoms with Gasteiger partial charge in [-0.05, 0) is 50.1 Å². The van der Waals surface area contributed by atoms with Gasteiger partial charge >= 0.3 is 5.97 Å². The summed E-state index contributed by atoms with van der Waals surface area (Å²) in [4.78, 5) is 26.0. The second-order valence-electron chi connectivity index (χ2n) is 10.1. The van der Waals surface area contributed by atoms with Crippen LogP contribution in [-0.4, -0.2) is 54.6 Å². The molecular weight excluding hydrogens is 486 g/mol. The van der Waals surface area contributed by atoms with Crippen molar-refractivity contribution < 1.29 is 49.7 Å². The molecule has 0 spiro atoms. The van der Waals surface area contributed by atoms with Crippen molar-refractivity contribution in [2.24, 2.45) is 10.8 Å². The summed E-state index contributed by atoms with van der Waals surface area (Å²) in [6.45, 7) is 4.99. The smallest absolute Gasteiger partial charge is 0.338 e. The standard InChI is InChI=1S/C26H25NO10/c1-25(2)22(34)13(10-27)8-26(3)9-18(36-23(35)12-6-16(30)20(33)17(31)7-12)21(37-24(25)26)11-4-14(28)19(32)15(29)5-11/h4-8,18,21,24,28-33H,9H2,1-3H3. The molecule has 0 amide bonds. The predicted molar refractivity (Wildman–Crippen MR) is 125 cm³/mol. The third-order valence-electron chi connectivity index (χ3n) is 6.92. The van der Waals surface area contributed by atoms with Gasteiger partial charge in [-0.2, -0.15) is 5.26 Å². The van der Waals surface area contributed by atoms with E-state index < -0.39 is 75.4 Å². The van der Waals surface area contributed by atoms with Crippen molar-refractivity contribution >= 4 is 11.8 Å². The Kier molecular flexibility index (Phi) is 5.96. The Hall–Kier alpha value is -4.43. The first-order valence-corrected chi connectivity index (χ1v) is 11.2. The van der Waals surface area contributed by atoms with E-state index in [2.05, 4.69) is 0 Å². The van der Waals surface area contributed by atoms with Gasteiger partial charge < -0.3 is 40.1 Å². The van der Waals surface area contributed by atoms with E-state index in [1.165, 1.54) is 6.08 Å². The number of aromatic hydroxyl groups is 6. The Labute approximate surface area is 211 Å². The molecule has 1 heterocycles. The third kappa shape index (κ3) is 4.15. The molecule has 6 N–H and O–H groups in total. The number of esters is 1. The van der Waals surface area contributed by atoms with Crippen LogP contribution in [0.5, 0.6) is 34.5 Å². The predicted octanol–water partition coefficient (Wildman–Crippen LogP) is 3.04. The molecule has 11 heteroatoms.